The third-order valence-corrected chi connectivity index (χ3v) is 5.67. The number of nitrogens with one attached hydrogen (secondary N) is 3. The van der Waals surface area contributed by atoms with Gasteiger partial charge in [0.05, 0.1) is 33.2 Å². The van der Waals surface area contributed by atoms with Gasteiger partial charge in [-0.3, -0.25) is 9.59 Å². The van der Waals surface area contributed by atoms with Gasteiger partial charge in [-0.2, -0.15) is 0 Å². The Labute approximate surface area is 167 Å². The number of nitrogens with zero attached hydrogens (tertiary/aromatic N) is 1. The highest BCUT2D eigenvalue weighted by Gasteiger charge is 2.26. The van der Waals surface area contributed by atoms with Crippen LogP contribution in [0.4, 0.5) is 0 Å². The molecule has 1 aliphatic heterocycles. The van der Waals surface area contributed by atoms with Crippen LogP contribution in [0.5, 0.6) is 0 Å². The third-order valence-electron chi connectivity index (χ3n) is 4.92. The minimum atomic E-state index is 0.114. The molecule has 0 spiro atoms. The Bertz CT molecular complexity index is 601. The number of thioether (sulfide) groups is 1. The highest BCUT2D eigenvalue weighted by molar-refractivity contribution is 7.98. The van der Waals surface area contributed by atoms with Gasteiger partial charge >= 0.3 is 0 Å². The van der Waals surface area contributed by atoms with Crippen molar-refractivity contribution in [3.05, 3.63) is 29.8 Å². The molecule has 0 saturated carbocycles. The van der Waals surface area contributed by atoms with Crippen molar-refractivity contribution in [2.24, 2.45) is 0 Å². The zero-order valence-electron chi connectivity index (χ0n) is 16.8. The summed E-state index contributed by atoms with van der Waals surface area (Å²) in [5, 5.41) is 2.93. The first kappa shape index (κ1) is 21.7. The first-order valence-electron chi connectivity index (χ1n) is 9.84. The van der Waals surface area contributed by atoms with Crippen LogP contribution in [0.25, 0.3) is 0 Å². The summed E-state index contributed by atoms with van der Waals surface area (Å²) in [6.45, 7) is 7.84. The topological polar surface area (TPSA) is 58.3 Å². The smallest absolute Gasteiger partial charge is 0.278 e. The van der Waals surface area contributed by atoms with Gasteiger partial charge in [0, 0.05) is 17.0 Å². The van der Waals surface area contributed by atoms with Crippen LogP contribution < -0.4 is 15.1 Å². The summed E-state index contributed by atoms with van der Waals surface area (Å²) in [5.74, 6) is 0.325. The van der Waals surface area contributed by atoms with E-state index in [4.69, 9.17) is 0 Å². The molecule has 27 heavy (non-hydrogen) atoms. The fourth-order valence-corrected chi connectivity index (χ4v) is 3.74. The van der Waals surface area contributed by atoms with Crippen LogP contribution in [0, 0.1) is 0 Å². The van der Waals surface area contributed by atoms with Crippen LogP contribution >= 0.6 is 11.8 Å². The zero-order chi connectivity index (χ0) is 19.6. The molecule has 1 atom stereocenters. The molecule has 150 valence electrons. The van der Waals surface area contributed by atoms with E-state index in [9.17, 15) is 9.59 Å². The average Bonchev–Trinajstić information content (AvgIpc) is 2.67. The molecule has 1 heterocycles. The molecule has 2 amide bonds. The fourth-order valence-electron chi connectivity index (χ4n) is 3.33. The number of hydrogen-bond acceptors (Lipinski definition) is 3. The van der Waals surface area contributed by atoms with E-state index in [1.54, 1.807) is 11.8 Å². The zero-order valence-corrected chi connectivity index (χ0v) is 17.7. The maximum atomic E-state index is 12.6. The van der Waals surface area contributed by atoms with Crippen molar-refractivity contribution in [2.75, 3.05) is 59.1 Å². The molecule has 2 rings (SSSR count). The molecule has 6 nitrogen and oxygen atoms in total. The minimum Gasteiger partial charge on any atom is -0.351 e. The normalized spacial score (nSPS) is 16.2. The van der Waals surface area contributed by atoms with E-state index in [1.807, 2.05) is 4.90 Å². The highest BCUT2D eigenvalue weighted by atomic mass is 32.2. The predicted octanol–water partition coefficient (Wildman–Crippen LogP) is -1.32. The molecule has 0 aliphatic carbocycles. The van der Waals surface area contributed by atoms with Crippen LogP contribution in [-0.2, 0) is 16.1 Å². The van der Waals surface area contributed by atoms with Gasteiger partial charge in [-0.25, -0.2) is 0 Å². The Morgan fingerprint density at radius 3 is 2.48 bits per heavy atom. The van der Waals surface area contributed by atoms with Gasteiger partial charge in [0.2, 0.25) is 0 Å². The van der Waals surface area contributed by atoms with E-state index in [0.717, 1.165) is 45.7 Å². The minimum absolute atomic E-state index is 0.114. The van der Waals surface area contributed by atoms with Crippen molar-refractivity contribution in [3.63, 3.8) is 0 Å². The number of rotatable bonds is 9. The molecule has 0 bridgehead atoms. The van der Waals surface area contributed by atoms with Crippen LogP contribution in [0.1, 0.15) is 18.9 Å². The van der Waals surface area contributed by atoms with E-state index in [0.29, 0.717) is 13.1 Å². The van der Waals surface area contributed by atoms with Crippen molar-refractivity contribution in [1.29, 1.82) is 0 Å². The number of amides is 2. The lowest BCUT2D eigenvalue weighted by Crippen LogP contribution is -3.16. The first-order valence-corrected chi connectivity index (χ1v) is 11.1. The number of hydrogen-bond donors (Lipinski definition) is 3. The molecule has 7 heteroatoms. The highest BCUT2D eigenvalue weighted by Crippen LogP contribution is 2.14. The van der Waals surface area contributed by atoms with Crippen molar-refractivity contribution < 1.29 is 19.4 Å². The van der Waals surface area contributed by atoms with Crippen LogP contribution in [0.3, 0.4) is 0 Å². The molecule has 1 aromatic carbocycles. The van der Waals surface area contributed by atoms with Crippen LogP contribution in [-0.4, -0.2) is 75.8 Å². The van der Waals surface area contributed by atoms with Crippen LogP contribution in [0.15, 0.2) is 29.2 Å². The molecule has 3 N–H and O–H groups in total. The Morgan fingerprint density at radius 1 is 1.22 bits per heavy atom. The second-order valence-corrected chi connectivity index (χ2v) is 8.20. The summed E-state index contributed by atoms with van der Waals surface area (Å²) in [4.78, 5) is 30.1. The van der Waals surface area contributed by atoms with E-state index >= 15 is 0 Å². The number of benzene rings is 1. The maximum Gasteiger partial charge on any atom is 0.278 e. The summed E-state index contributed by atoms with van der Waals surface area (Å²) < 4.78 is 0. The van der Waals surface area contributed by atoms with Gasteiger partial charge in [0.25, 0.3) is 11.8 Å². The van der Waals surface area contributed by atoms with Gasteiger partial charge in [-0.05, 0) is 24.8 Å². The monoisotopic (exact) mass is 394 g/mol. The molecule has 1 unspecified atom stereocenters. The number of carbonyl (C=O) groups excluding carboxylic acids is 2. The summed E-state index contributed by atoms with van der Waals surface area (Å²) in [7, 11) is 2.07. The summed E-state index contributed by atoms with van der Waals surface area (Å²) in [6, 6.07) is 8.55. The molecule has 1 aromatic rings. The summed E-state index contributed by atoms with van der Waals surface area (Å²) >= 11 is 1.74. The number of quaternary nitrogens is 2. The van der Waals surface area contributed by atoms with Crippen molar-refractivity contribution in [1.82, 2.24) is 10.2 Å². The first-order chi connectivity index (χ1) is 13.0. The molecular weight excluding hydrogens is 360 g/mol. The van der Waals surface area contributed by atoms with Crippen molar-refractivity contribution in [3.8, 4) is 0 Å². The third kappa shape index (κ3) is 7.52. The molecular formula is C20H34N4O2S+2. The van der Waals surface area contributed by atoms with Gasteiger partial charge < -0.3 is 20.0 Å². The second-order valence-electron chi connectivity index (χ2n) is 7.32. The van der Waals surface area contributed by atoms with Gasteiger partial charge in [-0.15, -0.1) is 11.8 Å². The summed E-state index contributed by atoms with van der Waals surface area (Å²) in [5.41, 5.74) is 1.26. The van der Waals surface area contributed by atoms with E-state index < -0.39 is 0 Å². The lowest BCUT2D eigenvalue weighted by atomic mass is 10.2. The lowest BCUT2D eigenvalue weighted by molar-refractivity contribution is -0.897. The number of piperazine rings is 1. The Kier molecular flexibility index (Phi) is 9.10. The standard InChI is InChI=1S/C20H32N4O2S/c1-4-9-21-19(25)15-23-10-12-24(13-11-23)20(26)16-22(2)14-17-5-7-18(27-3)8-6-17/h5-8H,4,9-16H2,1-3H3,(H,21,25)/p+2. The SMILES string of the molecule is CCCNC(=O)C[NH+]1CCN(C(=O)C[NH+](C)Cc2ccc(SC)cc2)CC1. The summed E-state index contributed by atoms with van der Waals surface area (Å²) in [6.07, 6.45) is 3.03. The fraction of sp³-hybridized carbons (Fsp3) is 0.600. The second kappa shape index (κ2) is 11.3. The van der Waals surface area contributed by atoms with Gasteiger partial charge in [0.15, 0.2) is 13.1 Å². The predicted molar refractivity (Wildman–Crippen MR) is 109 cm³/mol. The number of carbonyl (C=O) groups is 2. The van der Waals surface area contributed by atoms with Gasteiger partial charge in [0.1, 0.15) is 6.54 Å². The Balaban J connectivity index is 1.71. The molecule has 1 aliphatic rings. The maximum absolute atomic E-state index is 12.6. The Hall–Kier alpha value is -1.57. The molecule has 1 saturated heterocycles. The van der Waals surface area contributed by atoms with E-state index in [-0.39, 0.29) is 11.8 Å². The van der Waals surface area contributed by atoms with Crippen LogP contribution in [0.2, 0.25) is 0 Å². The van der Waals surface area contributed by atoms with E-state index in [1.165, 1.54) is 20.3 Å². The Morgan fingerprint density at radius 2 is 1.89 bits per heavy atom. The largest absolute Gasteiger partial charge is 0.351 e. The quantitative estimate of drug-likeness (QED) is 0.455. The van der Waals surface area contributed by atoms with E-state index in [2.05, 4.69) is 49.8 Å². The molecule has 1 fully saturated rings. The average molecular weight is 395 g/mol. The number of likely N-dealkylation sites (N-methyl/N-ethyl adjacent to an activating group) is 1. The lowest BCUT2D eigenvalue weighted by Gasteiger charge is -2.32. The molecule has 0 radical (unpaired) electrons. The van der Waals surface area contributed by atoms with Crippen molar-refractivity contribution >= 4 is 23.6 Å². The molecule has 0 aromatic heterocycles. The van der Waals surface area contributed by atoms with Gasteiger partial charge in [-0.1, -0.05) is 19.1 Å². The van der Waals surface area contributed by atoms with Crippen molar-refractivity contribution in [2.45, 2.75) is 24.8 Å².